The highest BCUT2D eigenvalue weighted by atomic mass is 32.2. The Kier molecular flexibility index (Phi) is 4.67. The summed E-state index contributed by atoms with van der Waals surface area (Å²) in [5, 5.41) is 0. The summed E-state index contributed by atoms with van der Waals surface area (Å²) in [5.74, 6) is 0.126. The topological polar surface area (TPSA) is 55.8 Å². The largest absolute Gasteiger partial charge is 0.378 e. The van der Waals surface area contributed by atoms with E-state index in [0.29, 0.717) is 11.5 Å². The number of anilines is 1. The fourth-order valence-electron chi connectivity index (χ4n) is 3.50. The molecule has 0 N–H and O–H groups in total. The molecule has 1 aromatic carbocycles. The molecule has 0 amide bonds. The van der Waals surface area contributed by atoms with Crippen molar-refractivity contribution in [2.24, 2.45) is 0 Å². The lowest BCUT2D eigenvalue weighted by molar-refractivity contribution is -0.160. The average Bonchev–Trinajstić information content (AvgIpc) is 2.55. The maximum absolute atomic E-state index is 11.9. The predicted octanol–water partition coefficient (Wildman–Crippen LogP) is 2.25. The lowest BCUT2D eigenvalue weighted by Gasteiger charge is -2.48. The molecule has 5 nitrogen and oxygen atoms in total. The summed E-state index contributed by atoms with van der Waals surface area (Å²) < 4.78 is 35.7. The molecule has 2 atom stereocenters. The van der Waals surface area contributed by atoms with E-state index in [1.165, 1.54) is 0 Å². The predicted molar refractivity (Wildman–Crippen MR) is 89.7 cm³/mol. The van der Waals surface area contributed by atoms with Crippen LogP contribution in [0, 0.1) is 0 Å². The second-order valence-electron chi connectivity index (χ2n) is 6.55. The third-order valence-corrected chi connectivity index (χ3v) is 6.39. The number of ether oxygens (including phenoxy) is 2. The Labute approximate surface area is 138 Å². The zero-order valence-corrected chi connectivity index (χ0v) is 14.6. The summed E-state index contributed by atoms with van der Waals surface area (Å²) in [7, 11) is -3.15. The van der Waals surface area contributed by atoms with Gasteiger partial charge in [0, 0.05) is 25.4 Å². The minimum absolute atomic E-state index is 0.126. The monoisotopic (exact) mass is 339 g/mol. The van der Waals surface area contributed by atoms with Gasteiger partial charge >= 0.3 is 0 Å². The molecule has 2 aliphatic rings. The molecule has 2 saturated heterocycles. The molecular formula is C17H25NO4S. The summed E-state index contributed by atoms with van der Waals surface area (Å²) in [5.41, 5.74) is 0.810. The van der Waals surface area contributed by atoms with E-state index in [0.717, 1.165) is 38.2 Å². The molecule has 0 aliphatic carbocycles. The lowest BCUT2D eigenvalue weighted by Crippen LogP contribution is -2.58. The van der Waals surface area contributed by atoms with Crippen molar-refractivity contribution in [2.45, 2.75) is 43.3 Å². The van der Waals surface area contributed by atoms with Gasteiger partial charge in [0.25, 0.3) is 0 Å². The van der Waals surface area contributed by atoms with Gasteiger partial charge in [0.15, 0.2) is 9.84 Å². The van der Waals surface area contributed by atoms with E-state index in [2.05, 4.69) is 11.8 Å². The van der Waals surface area contributed by atoms with Gasteiger partial charge in [0.1, 0.15) is 5.60 Å². The van der Waals surface area contributed by atoms with Crippen LogP contribution in [-0.4, -0.2) is 52.2 Å². The van der Waals surface area contributed by atoms with Gasteiger partial charge in [0.2, 0.25) is 0 Å². The van der Waals surface area contributed by atoms with E-state index in [4.69, 9.17) is 9.47 Å². The van der Waals surface area contributed by atoms with Crippen LogP contribution in [0.2, 0.25) is 0 Å². The van der Waals surface area contributed by atoms with Crippen molar-refractivity contribution in [2.75, 3.05) is 37.0 Å². The Morgan fingerprint density at radius 3 is 2.65 bits per heavy atom. The van der Waals surface area contributed by atoms with Crippen LogP contribution >= 0.6 is 0 Å². The summed E-state index contributed by atoms with van der Waals surface area (Å²) in [6, 6.07) is 7.21. The average molecular weight is 339 g/mol. The van der Waals surface area contributed by atoms with Crippen molar-refractivity contribution in [1.82, 2.24) is 0 Å². The van der Waals surface area contributed by atoms with Crippen molar-refractivity contribution in [1.29, 1.82) is 0 Å². The number of hydrogen-bond donors (Lipinski definition) is 0. The van der Waals surface area contributed by atoms with Crippen LogP contribution < -0.4 is 4.90 Å². The van der Waals surface area contributed by atoms with Gasteiger partial charge in [-0.3, -0.25) is 0 Å². The van der Waals surface area contributed by atoms with Crippen LogP contribution in [-0.2, 0) is 19.3 Å². The van der Waals surface area contributed by atoms with Crippen LogP contribution in [0.4, 0.5) is 5.69 Å². The fraction of sp³-hybridized carbons (Fsp3) is 0.647. The Hall–Kier alpha value is -1.11. The SMILES string of the molecule is CCS(=O)(=O)c1ccc(N2C[C@H](C)O[C@]3(CCCOC3)C2)cc1. The van der Waals surface area contributed by atoms with Crippen molar-refractivity contribution < 1.29 is 17.9 Å². The lowest BCUT2D eigenvalue weighted by atomic mass is 9.93. The van der Waals surface area contributed by atoms with Crippen LogP contribution in [0.3, 0.4) is 0 Å². The molecule has 2 heterocycles. The maximum atomic E-state index is 11.9. The van der Waals surface area contributed by atoms with E-state index in [9.17, 15) is 8.42 Å². The number of morpholine rings is 1. The smallest absolute Gasteiger partial charge is 0.178 e. The van der Waals surface area contributed by atoms with Gasteiger partial charge in [-0.2, -0.15) is 0 Å². The highest BCUT2D eigenvalue weighted by molar-refractivity contribution is 7.91. The van der Waals surface area contributed by atoms with E-state index in [-0.39, 0.29) is 17.5 Å². The van der Waals surface area contributed by atoms with Gasteiger partial charge in [-0.15, -0.1) is 0 Å². The molecule has 6 heteroatoms. The van der Waals surface area contributed by atoms with Crippen LogP contribution in [0.25, 0.3) is 0 Å². The molecule has 23 heavy (non-hydrogen) atoms. The third kappa shape index (κ3) is 3.54. The van der Waals surface area contributed by atoms with Gasteiger partial charge in [-0.05, 0) is 44.0 Å². The molecule has 0 bridgehead atoms. The molecule has 1 aromatic rings. The zero-order valence-electron chi connectivity index (χ0n) is 13.8. The molecule has 2 fully saturated rings. The van der Waals surface area contributed by atoms with Crippen LogP contribution in [0.15, 0.2) is 29.2 Å². The van der Waals surface area contributed by atoms with Gasteiger partial charge < -0.3 is 14.4 Å². The fourth-order valence-corrected chi connectivity index (χ4v) is 4.38. The quantitative estimate of drug-likeness (QED) is 0.845. The summed E-state index contributed by atoms with van der Waals surface area (Å²) in [6.07, 6.45) is 2.16. The first-order valence-corrected chi connectivity index (χ1v) is 9.93. The van der Waals surface area contributed by atoms with E-state index < -0.39 is 9.84 Å². The Bertz CT molecular complexity index is 635. The standard InChI is InChI=1S/C17H25NO4S/c1-3-23(19,20)16-7-5-15(6-8-16)18-11-14(2)22-17(12-18)9-4-10-21-13-17/h5-8,14H,3-4,9-13H2,1-2H3/t14-,17+/m0/s1. The van der Waals surface area contributed by atoms with Gasteiger partial charge in [0.05, 0.1) is 23.4 Å². The summed E-state index contributed by atoms with van der Waals surface area (Å²) in [4.78, 5) is 2.67. The van der Waals surface area contributed by atoms with Crippen molar-refractivity contribution in [3.63, 3.8) is 0 Å². The van der Waals surface area contributed by atoms with Crippen molar-refractivity contribution in [3.8, 4) is 0 Å². The molecule has 1 spiro atoms. The number of benzene rings is 1. The third-order valence-electron chi connectivity index (χ3n) is 4.63. The molecule has 3 rings (SSSR count). The van der Waals surface area contributed by atoms with Crippen molar-refractivity contribution >= 4 is 15.5 Å². The molecule has 0 aromatic heterocycles. The minimum Gasteiger partial charge on any atom is -0.378 e. The number of rotatable bonds is 3. The van der Waals surface area contributed by atoms with Gasteiger partial charge in [-0.25, -0.2) is 8.42 Å². The number of nitrogens with zero attached hydrogens (tertiary/aromatic N) is 1. The molecule has 128 valence electrons. The first-order chi connectivity index (χ1) is 10.9. The Morgan fingerprint density at radius 2 is 2.04 bits per heavy atom. The van der Waals surface area contributed by atoms with E-state index in [1.54, 1.807) is 19.1 Å². The molecule has 0 radical (unpaired) electrons. The second kappa shape index (κ2) is 6.42. The number of hydrogen-bond acceptors (Lipinski definition) is 5. The first-order valence-electron chi connectivity index (χ1n) is 8.27. The molecular weight excluding hydrogens is 314 g/mol. The van der Waals surface area contributed by atoms with Gasteiger partial charge in [-0.1, -0.05) is 6.92 Å². The van der Waals surface area contributed by atoms with E-state index >= 15 is 0 Å². The second-order valence-corrected chi connectivity index (χ2v) is 8.82. The Morgan fingerprint density at radius 1 is 1.30 bits per heavy atom. The Balaban J connectivity index is 1.80. The highest BCUT2D eigenvalue weighted by Crippen LogP contribution is 2.32. The first kappa shape index (κ1) is 16.7. The summed E-state index contributed by atoms with van der Waals surface area (Å²) >= 11 is 0. The molecule has 0 unspecified atom stereocenters. The highest BCUT2D eigenvalue weighted by Gasteiger charge is 2.41. The normalized spacial score (nSPS) is 29.0. The summed E-state index contributed by atoms with van der Waals surface area (Å²) in [6.45, 7) is 6.79. The molecule has 0 saturated carbocycles. The molecule has 2 aliphatic heterocycles. The zero-order chi connectivity index (χ0) is 16.5. The van der Waals surface area contributed by atoms with Crippen LogP contribution in [0.5, 0.6) is 0 Å². The number of sulfone groups is 1. The van der Waals surface area contributed by atoms with Crippen LogP contribution in [0.1, 0.15) is 26.7 Å². The van der Waals surface area contributed by atoms with E-state index in [1.807, 2.05) is 12.1 Å². The minimum atomic E-state index is -3.15. The maximum Gasteiger partial charge on any atom is 0.178 e. The van der Waals surface area contributed by atoms with Crippen molar-refractivity contribution in [3.05, 3.63) is 24.3 Å².